The highest BCUT2D eigenvalue weighted by molar-refractivity contribution is 5.91. The van der Waals surface area contributed by atoms with Gasteiger partial charge in [-0.3, -0.25) is 0 Å². The van der Waals surface area contributed by atoms with E-state index in [0.29, 0.717) is 23.6 Å². The molecular weight excluding hydrogens is 270 g/mol. The van der Waals surface area contributed by atoms with Crippen LogP contribution in [0.25, 0.3) is 11.1 Å². The summed E-state index contributed by atoms with van der Waals surface area (Å²) in [6.45, 7) is 5.50. The van der Waals surface area contributed by atoms with Crippen molar-refractivity contribution in [1.29, 1.82) is 0 Å². The average Bonchev–Trinajstić information content (AvgIpc) is 2.78. The lowest BCUT2D eigenvalue weighted by Crippen LogP contribution is -2.50. The van der Waals surface area contributed by atoms with Gasteiger partial charge < -0.3 is 20.2 Å². The first-order valence-corrected chi connectivity index (χ1v) is 7.03. The van der Waals surface area contributed by atoms with Gasteiger partial charge in [-0.25, -0.2) is 9.78 Å². The lowest BCUT2D eigenvalue weighted by Gasteiger charge is -2.28. The highest BCUT2D eigenvalue weighted by Crippen LogP contribution is 2.20. The molecule has 3 N–H and O–H groups in total. The number of carbonyl (C=O) groups excluding carboxylic acids is 1. The van der Waals surface area contributed by atoms with Gasteiger partial charge in [-0.05, 0) is 25.5 Å². The lowest BCUT2D eigenvalue weighted by molar-refractivity contribution is 0.167. The topological polar surface area (TPSA) is 87.4 Å². The minimum atomic E-state index is -0.619. The second kappa shape index (κ2) is 6.13. The van der Waals surface area contributed by atoms with E-state index in [0.717, 1.165) is 11.9 Å². The Labute approximate surface area is 123 Å². The number of hydrogen-bond donors (Lipinski definition) is 3. The summed E-state index contributed by atoms with van der Waals surface area (Å²) in [4.78, 5) is 16.2. The number of nitrogens with zero attached hydrogens (tertiary/aromatic N) is 1. The van der Waals surface area contributed by atoms with Gasteiger partial charge in [-0.15, -0.1) is 0 Å². The molecule has 0 saturated carbocycles. The third kappa shape index (κ3) is 3.72. The van der Waals surface area contributed by atoms with Gasteiger partial charge in [0.05, 0.1) is 12.1 Å². The predicted octanol–water partition coefficient (Wildman–Crippen LogP) is 2.81. The van der Waals surface area contributed by atoms with Crippen molar-refractivity contribution in [3.05, 3.63) is 24.1 Å². The lowest BCUT2D eigenvalue weighted by atomic mass is 9.98. The van der Waals surface area contributed by atoms with Crippen molar-refractivity contribution in [3.8, 4) is 0 Å². The van der Waals surface area contributed by atoms with Crippen LogP contribution in [0.3, 0.4) is 0 Å². The molecule has 21 heavy (non-hydrogen) atoms. The number of aryl methyl sites for hydroxylation is 1. The highest BCUT2D eigenvalue weighted by Gasteiger charge is 2.24. The summed E-state index contributed by atoms with van der Waals surface area (Å²) in [5.74, 6) is 0.586. The van der Waals surface area contributed by atoms with Crippen LogP contribution in [0.5, 0.6) is 0 Å². The quantitative estimate of drug-likeness (QED) is 0.790. The van der Waals surface area contributed by atoms with E-state index in [9.17, 15) is 9.90 Å². The normalized spacial score (nSPS) is 13.9. The van der Waals surface area contributed by atoms with Crippen molar-refractivity contribution in [2.45, 2.75) is 39.2 Å². The van der Waals surface area contributed by atoms with Crippen molar-refractivity contribution in [2.24, 2.45) is 0 Å². The molecule has 1 aromatic carbocycles. The molecule has 1 heterocycles. The zero-order chi connectivity index (χ0) is 15.5. The molecule has 2 aromatic rings. The molecule has 1 atom stereocenters. The van der Waals surface area contributed by atoms with Gasteiger partial charge in [0.15, 0.2) is 11.5 Å². The zero-order valence-corrected chi connectivity index (χ0v) is 12.6. The number of aromatic nitrogens is 1. The molecule has 0 aliphatic rings. The number of aliphatic hydroxyl groups excluding tert-OH is 1. The highest BCUT2D eigenvalue weighted by atomic mass is 16.3. The molecule has 6 heteroatoms. The van der Waals surface area contributed by atoms with Crippen LogP contribution in [0.1, 0.15) is 32.6 Å². The van der Waals surface area contributed by atoms with E-state index in [1.165, 1.54) is 0 Å². The summed E-state index contributed by atoms with van der Waals surface area (Å²) >= 11 is 0. The molecular formula is C15H21N3O3. The number of nitrogens with one attached hydrogen (secondary N) is 2. The Morgan fingerprint density at radius 2 is 2.24 bits per heavy atom. The standard InChI is InChI=1S/C15H21N3O3/c1-4-7-15(3,9-19)18-14(20)17-11-5-6-12-13(8-11)21-10(2)16-12/h5-6,8,19H,4,7,9H2,1-3H3,(H2,17,18,20). The van der Waals surface area contributed by atoms with Gasteiger partial charge in [0.2, 0.25) is 0 Å². The minimum absolute atomic E-state index is 0.103. The number of amides is 2. The van der Waals surface area contributed by atoms with Crippen LogP contribution in [-0.4, -0.2) is 28.3 Å². The van der Waals surface area contributed by atoms with E-state index in [2.05, 4.69) is 15.6 Å². The number of aliphatic hydroxyl groups is 1. The molecule has 0 bridgehead atoms. The van der Waals surface area contributed by atoms with E-state index < -0.39 is 5.54 Å². The fraction of sp³-hybridized carbons (Fsp3) is 0.467. The zero-order valence-electron chi connectivity index (χ0n) is 12.6. The SMILES string of the molecule is CCCC(C)(CO)NC(=O)Nc1ccc2nc(C)oc2c1. The largest absolute Gasteiger partial charge is 0.441 e. The molecule has 1 unspecified atom stereocenters. The number of hydrogen-bond acceptors (Lipinski definition) is 4. The number of benzene rings is 1. The molecule has 0 saturated heterocycles. The molecule has 114 valence electrons. The number of rotatable bonds is 5. The van der Waals surface area contributed by atoms with Gasteiger partial charge in [0.1, 0.15) is 5.52 Å². The van der Waals surface area contributed by atoms with Gasteiger partial charge in [-0.1, -0.05) is 13.3 Å². The monoisotopic (exact) mass is 291 g/mol. The molecule has 1 aromatic heterocycles. The second-order valence-electron chi connectivity index (χ2n) is 5.46. The summed E-state index contributed by atoms with van der Waals surface area (Å²) < 4.78 is 5.43. The number of anilines is 1. The van der Waals surface area contributed by atoms with Gasteiger partial charge in [0, 0.05) is 18.7 Å². The molecule has 6 nitrogen and oxygen atoms in total. The number of urea groups is 1. The summed E-state index contributed by atoms with van der Waals surface area (Å²) in [6, 6.07) is 4.93. The molecule has 0 spiro atoms. The van der Waals surface area contributed by atoms with Crippen LogP contribution in [0, 0.1) is 6.92 Å². The maximum absolute atomic E-state index is 12.0. The first-order valence-electron chi connectivity index (χ1n) is 7.03. The first-order chi connectivity index (χ1) is 9.95. The average molecular weight is 291 g/mol. The van der Waals surface area contributed by atoms with Crippen molar-refractivity contribution in [1.82, 2.24) is 10.3 Å². The Hall–Kier alpha value is -2.08. The summed E-state index contributed by atoms with van der Waals surface area (Å²) in [6.07, 6.45) is 1.58. The molecule has 0 radical (unpaired) electrons. The minimum Gasteiger partial charge on any atom is -0.441 e. The van der Waals surface area contributed by atoms with Crippen LogP contribution in [0.2, 0.25) is 0 Å². The maximum Gasteiger partial charge on any atom is 0.319 e. The van der Waals surface area contributed by atoms with Crippen LogP contribution >= 0.6 is 0 Å². The Morgan fingerprint density at radius 1 is 1.48 bits per heavy atom. The smallest absolute Gasteiger partial charge is 0.319 e. The van der Waals surface area contributed by atoms with Crippen LogP contribution < -0.4 is 10.6 Å². The fourth-order valence-corrected chi connectivity index (χ4v) is 2.29. The van der Waals surface area contributed by atoms with Crippen LogP contribution in [0.4, 0.5) is 10.5 Å². The van der Waals surface area contributed by atoms with Gasteiger partial charge >= 0.3 is 6.03 Å². The number of fused-ring (bicyclic) bond motifs is 1. The van der Waals surface area contributed by atoms with E-state index >= 15 is 0 Å². The predicted molar refractivity (Wildman–Crippen MR) is 81.3 cm³/mol. The maximum atomic E-state index is 12.0. The molecule has 0 aliphatic carbocycles. The van der Waals surface area contributed by atoms with E-state index in [4.69, 9.17) is 4.42 Å². The Kier molecular flexibility index (Phi) is 4.47. The summed E-state index contributed by atoms with van der Waals surface area (Å²) in [7, 11) is 0. The van der Waals surface area contributed by atoms with Gasteiger partial charge in [0.25, 0.3) is 0 Å². The summed E-state index contributed by atoms with van der Waals surface area (Å²) in [5.41, 5.74) is 1.38. The van der Waals surface area contributed by atoms with Crippen molar-refractivity contribution < 1.29 is 14.3 Å². The number of oxazole rings is 1. The van der Waals surface area contributed by atoms with Crippen molar-refractivity contribution >= 4 is 22.8 Å². The Balaban J connectivity index is 2.06. The molecule has 2 rings (SSSR count). The Bertz CT molecular complexity index is 638. The van der Waals surface area contributed by atoms with Crippen LogP contribution in [0.15, 0.2) is 22.6 Å². The molecule has 2 amide bonds. The van der Waals surface area contributed by atoms with E-state index in [-0.39, 0.29) is 12.6 Å². The van der Waals surface area contributed by atoms with Gasteiger partial charge in [-0.2, -0.15) is 0 Å². The third-order valence-electron chi connectivity index (χ3n) is 3.32. The second-order valence-corrected chi connectivity index (χ2v) is 5.46. The van der Waals surface area contributed by atoms with Crippen molar-refractivity contribution in [2.75, 3.05) is 11.9 Å². The van der Waals surface area contributed by atoms with Crippen LogP contribution in [-0.2, 0) is 0 Å². The number of carbonyl (C=O) groups is 1. The first kappa shape index (κ1) is 15.3. The molecule has 0 fully saturated rings. The Morgan fingerprint density at radius 3 is 2.90 bits per heavy atom. The van der Waals surface area contributed by atoms with E-state index in [1.54, 1.807) is 25.1 Å². The fourth-order valence-electron chi connectivity index (χ4n) is 2.29. The van der Waals surface area contributed by atoms with Crippen molar-refractivity contribution in [3.63, 3.8) is 0 Å². The van der Waals surface area contributed by atoms with E-state index in [1.807, 2.05) is 13.8 Å². The molecule has 0 aliphatic heterocycles. The summed E-state index contributed by atoms with van der Waals surface area (Å²) in [5, 5.41) is 15.0. The third-order valence-corrected chi connectivity index (χ3v) is 3.32.